The molecule has 0 amide bonds. The smallest absolute Gasteiger partial charge is 0.0429 e. The van der Waals surface area contributed by atoms with E-state index in [0.29, 0.717) is 12.1 Å². The van der Waals surface area contributed by atoms with Gasteiger partial charge in [-0.15, -0.1) is 0 Å². The van der Waals surface area contributed by atoms with Gasteiger partial charge in [-0.2, -0.15) is 0 Å². The number of piperidine rings is 1. The Kier molecular flexibility index (Phi) is 6.38. The van der Waals surface area contributed by atoms with E-state index in [1.807, 2.05) is 6.07 Å². The molecular weight excluding hydrogens is 280 g/mol. The highest BCUT2D eigenvalue weighted by atomic mass is 35.5. The summed E-state index contributed by atoms with van der Waals surface area (Å²) < 4.78 is 0. The van der Waals surface area contributed by atoms with E-state index in [4.69, 9.17) is 11.6 Å². The van der Waals surface area contributed by atoms with Crippen LogP contribution in [0.25, 0.3) is 0 Å². The molecule has 0 radical (unpaired) electrons. The lowest BCUT2D eigenvalue weighted by Gasteiger charge is -2.39. The SMILES string of the molecule is CCCC1CCCCN1c1cc(Cl)ccc1CNC(C)C. The van der Waals surface area contributed by atoms with E-state index in [0.717, 1.165) is 11.6 Å². The zero-order valence-corrected chi connectivity index (χ0v) is 14.4. The minimum Gasteiger partial charge on any atom is -0.368 e. The summed E-state index contributed by atoms with van der Waals surface area (Å²) >= 11 is 6.28. The van der Waals surface area contributed by atoms with Crippen LogP contribution >= 0.6 is 11.6 Å². The molecule has 1 aliphatic rings. The van der Waals surface area contributed by atoms with Crippen molar-refractivity contribution in [1.82, 2.24) is 5.32 Å². The molecule has 0 aliphatic carbocycles. The van der Waals surface area contributed by atoms with Gasteiger partial charge in [0, 0.05) is 35.9 Å². The Morgan fingerprint density at radius 2 is 2.14 bits per heavy atom. The maximum absolute atomic E-state index is 6.28. The highest BCUT2D eigenvalue weighted by Gasteiger charge is 2.23. The van der Waals surface area contributed by atoms with E-state index in [2.05, 4.69) is 43.1 Å². The van der Waals surface area contributed by atoms with Gasteiger partial charge in [-0.3, -0.25) is 0 Å². The Hall–Kier alpha value is -0.730. The highest BCUT2D eigenvalue weighted by Crippen LogP contribution is 2.32. The maximum Gasteiger partial charge on any atom is 0.0429 e. The molecule has 1 unspecified atom stereocenters. The summed E-state index contributed by atoms with van der Waals surface area (Å²) in [4.78, 5) is 2.61. The normalized spacial score (nSPS) is 19.3. The zero-order valence-electron chi connectivity index (χ0n) is 13.7. The van der Waals surface area contributed by atoms with Crippen molar-refractivity contribution in [3.05, 3.63) is 28.8 Å². The molecule has 0 bridgehead atoms. The lowest BCUT2D eigenvalue weighted by atomic mass is 9.96. The molecule has 0 spiro atoms. The second-order valence-corrected chi connectivity index (χ2v) is 6.88. The van der Waals surface area contributed by atoms with Gasteiger partial charge in [0.1, 0.15) is 0 Å². The summed E-state index contributed by atoms with van der Waals surface area (Å²) in [6.45, 7) is 8.75. The molecule has 1 N–H and O–H groups in total. The first-order valence-corrected chi connectivity index (χ1v) is 8.78. The molecule has 3 heteroatoms. The van der Waals surface area contributed by atoms with Gasteiger partial charge in [0.05, 0.1) is 0 Å². The van der Waals surface area contributed by atoms with E-state index in [1.165, 1.54) is 49.9 Å². The molecular formula is C18H29ClN2. The Morgan fingerprint density at radius 3 is 2.86 bits per heavy atom. The molecule has 1 fully saturated rings. The van der Waals surface area contributed by atoms with Crippen LogP contribution in [-0.4, -0.2) is 18.6 Å². The molecule has 1 aromatic rings. The predicted molar refractivity (Wildman–Crippen MR) is 93.3 cm³/mol. The molecule has 0 aromatic heterocycles. The van der Waals surface area contributed by atoms with Crippen LogP contribution in [-0.2, 0) is 6.54 Å². The summed E-state index contributed by atoms with van der Waals surface area (Å²) in [5, 5.41) is 4.38. The standard InChI is InChI=1S/C18H29ClN2/c1-4-7-17-8-5-6-11-21(17)18-12-16(19)10-9-15(18)13-20-14(2)3/h9-10,12,14,17,20H,4-8,11,13H2,1-3H3. The largest absolute Gasteiger partial charge is 0.368 e. The lowest BCUT2D eigenvalue weighted by molar-refractivity contribution is 0.433. The van der Waals surface area contributed by atoms with Gasteiger partial charge in [-0.1, -0.05) is 44.9 Å². The topological polar surface area (TPSA) is 15.3 Å². The molecule has 21 heavy (non-hydrogen) atoms. The highest BCUT2D eigenvalue weighted by molar-refractivity contribution is 6.30. The third-order valence-corrected chi connectivity index (χ3v) is 4.54. The molecule has 0 saturated carbocycles. The fourth-order valence-corrected chi connectivity index (χ4v) is 3.39. The van der Waals surface area contributed by atoms with Gasteiger partial charge in [-0.25, -0.2) is 0 Å². The van der Waals surface area contributed by atoms with E-state index in [9.17, 15) is 0 Å². The molecule has 1 saturated heterocycles. The average molecular weight is 309 g/mol. The number of hydrogen-bond donors (Lipinski definition) is 1. The van der Waals surface area contributed by atoms with E-state index >= 15 is 0 Å². The Balaban J connectivity index is 2.24. The van der Waals surface area contributed by atoms with Crippen LogP contribution in [0.1, 0.15) is 58.4 Å². The average Bonchev–Trinajstić information content (AvgIpc) is 2.47. The third kappa shape index (κ3) is 4.62. The fraction of sp³-hybridized carbons (Fsp3) is 0.667. The molecule has 1 aliphatic heterocycles. The first-order valence-electron chi connectivity index (χ1n) is 8.40. The van der Waals surface area contributed by atoms with Crippen molar-refractivity contribution in [2.24, 2.45) is 0 Å². The van der Waals surface area contributed by atoms with E-state index in [1.54, 1.807) is 0 Å². The Labute approximate surface area is 134 Å². The van der Waals surface area contributed by atoms with Crippen molar-refractivity contribution in [3.63, 3.8) is 0 Å². The van der Waals surface area contributed by atoms with Gasteiger partial charge in [0.15, 0.2) is 0 Å². The van der Waals surface area contributed by atoms with Crippen molar-refractivity contribution in [3.8, 4) is 0 Å². The minimum absolute atomic E-state index is 0.501. The summed E-state index contributed by atoms with van der Waals surface area (Å²) in [6.07, 6.45) is 6.51. The van der Waals surface area contributed by atoms with Crippen molar-refractivity contribution >= 4 is 17.3 Å². The number of nitrogens with one attached hydrogen (secondary N) is 1. The van der Waals surface area contributed by atoms with Crippen molar-refractivity contribution in [1.29, 1.82) is 0 Å². The summed E-state index contributed by atoms with van der Waals surface area (Å²) in [5.74, 6) is 0. The molecule has 2 nitrogen and oxygen atoms in total. The van der Waals surface area contributed by atoms with Crippen molar-refractivity contribution in [2.75, 3.05) is 11.4 Å². The van der Waals surface area contributed by atoms with Gasteiger partial charge in [-0.05, 0) is 43.4 Å². The first-order chi connectivity index (χ1) is 10.1. The number of nitrogens with zero attached hydrogens (tertiary/aromatic N) is 1. The van der Waals surface area contributed by atoms with Crippen molar-refractivity contribution < 1.29 is 0 Å². The van der Waals surface area contributed by atoms with Gasteiger partial charge in [0.2, 0.25) is 0 Å². The van der Waals surface area contributed by atoms with Crippen LogP contribution in [0.15, 0.2) is 18.2 Å². The predicted octanol–water partition coefficient (Wildman–Crippen LogP) is 5.00. The number of hydrogen-bond acceptors (Lipinski definition) is 2. The zero-order chi connectivity index (χ0) is 15.2. The first kappa shape index (κ1) is 16.6. The van der Waals surface area contributed by atoms with Crippen LogP contribution in [0.5, 0.6) is 0 Å². The van der Waals surface area contributed by atoms with Crippen LogP contribution in [0.4, 0.5) is 5.69 Å². The van der Waals surface area contributed by atoms with Crippen molar-refractivity contribution in [2.45, 2.75) is 71.5 Å². The van der Waals surface area contributed by atoms with Gasteiger partial charge >= 0.3 is 0 Å². The van der Waals surface area contributed by atoms with Crippen LogP contribution in [0.3, 0.4) is 0 Å². The Bertz CT molecular complexity index is 443. The lowest BCUT2D eigenvalue weighted by Crippen LogP contribution is -2.40. The van der Waals surface area contributed by atoms with E-state index < -0.39 is 0 Å². The third-order valence-electron chi connectivity index (χ3n) is 4.31. The van der Waals surface area contributed by atoms with Gasteiger partial charge in [0.25, 0.3) is 0 Å². The summed E-state index contributed by atoms with van der Waals surface area (Å²) in [5.41, 5.74) is 2.71. The maximum atomic E-state index is 6.28. The Morgan fingerprint density at radius 1 is 1.33 bits per heavy atom. The van der Waals surface area contributed by atoms with E-state index in [-0.39, 0.29) is 0 Å². The summed E-state index contributed by atoms with van der Waals surface area (Å²) in [6, 6.07) is 7.54. The monoisotopic (exact) mass is 308 g/mol. The number of rotatable bonds is 6. The fourth-order valence-electron chi connectivity index (χ4n) is 3.22. The number of anilines is 1. The van der Waals surface area contributed by atoms with Crippen LogP contribution in [0.2, 0.25) is 5.02 Å². The number of halogens is 1. The molecule has 2 rings (SSSR count). The molecule has 1 heterocycles. The quantitative estimate of drug-likeness (QED) is 0.796. The second-order valence-electron chi connectivity index (χ2n) is 6.44. The second kappa shape index (κ2) is 8.05. The van der Waals surface area contributed by atoms with Crippen LogP contribution < -0.4 is 10.2 Å². The molecule has 1 aromatic carbocycles. The minimum atomic E-state index is 0.501. The molecule has 1 atom stereocenters. The molecule has 118 valence electrons. The van der Waals surface area contributed by atoms with Gasteiger partial charge < -0.3 is 10.2 Å². The summed E-state index contributed by atoms with van der Waals surface area (Å²) in [7, 11) is 0. The van der Waals surface area contributed by atoms with Crippen LogP contribution in [0, 0.1) is 0 Å². The number of benzene rings is 1.